The maximum Gasteiger partial charge on any atom is 0.433 e. The SMILES string of the molecule is COc1ccc(-n2c(=C(C#N)C(=O)NCc3ccco3)sc(=Cc3ccc([N+](=O)[O-])o3)c2=O)cc1. The number of furan rings is 2. The summed E-state index contributed by atoms with van der Waals surface area (Å²) in [6.07, 6.45) is 2.78. The van der Waals surface area contributed by atoms with E-state index in [1.165, 1.54) is 30.1 Å². The Morgan fingerprint density at radius 2 is 2.06 bits per heavy atom. The second kappa shape index (κ2) is 9.94. The minimum absolute atomic E-state index is 0.0458. The predicted octanol–water partition coefficient (Wildman–Crippen LogP) is 1.82. The lowest BCUT2D eigenvalue weighted by Crippen LogP contribution is -2.33. The summed E-state index contributed by atoms with van der Waals surface area (Å²) < 4.78 is 16.9. The van der Waals surface area contributed by atoms with Crippen molar-refractivity contribution in [1.29, 1.82) is 5.26 Å². The topological polar surface area (TPSA) is 154 Å². The van der Waals surface area contributed by atoms with Crippen LogP contribution in [-0.2, 0) is 11.3 Å². The van der Waals surface area contributed by atoms with Crippen LogP contribution in [0, 0.1) is 21.4 Å². The molecule has 11 nitrogen and oxygen atoms in total. The summed E-state index contributed by atoms with van der Waals surface area (Å²) in [7, 11) is 1.50. The third-order valence-corrected chi connectivity index (χ3v) is 5.87. The average molecular weight is 492 g/mol. The molecule has 0 saturated heterocycles. The van der Waals surface area contributed by atoms with Gasteiger partial charge in [-0.2, -0.15) is 5.26 Å². The van der Waals surface area contributed by atoms with Crippen LogP contribution in [-0.4, -0.2) is 22.5 Å². The molecule has 0 saturated carbocycles. The van der Waals surface area contributed by atoms with E-state index in [0.29, 0.717) is 17.2 Å². The average Bonchev–Trinajstić information content (AvgIpc) is 3.60. The molecule has 0 unspecified atom stereocenters. The first-order valence-corrected chi connectivity index (χ1v) is 10.8. The number of nitriles is 1. The Morgan fingerprint density at radius 1 is 1.29 bits per heavy atom. The standard InChI is InChI=1S/C23H16N4O7S/c1-32-15-6-4-14(5-7-15)26-22(29)19(11-16-8-9-20(34-16)27(30)31)35-23(26)18(12-24)21(28)25-13-17-3-2-10-33-17/h2-11H,13H2,1H3,(H,25,28). The van der Waals surface area contributed by atoms with Gasteiger partial charge in [0.05, 0.1) is 36.2 Å². The highest BCUT2D eigenvalue weighted by molar-refractivity contribution is 7.07. The number of amides is 1. The zero-order valence-electron chi connectivity index (χ0n) is 18.1. The van der Waals surface area contributed by atoms with E-state index in [1.54, 1.807) is 36.4 Å². The molecular formula is C23H16N4O7S. The Kier molecular flexibility index (Phi) is 6.61. The van der Waals surface area contributed by atoms with Crippen molar-refractivity contribution in [3.8, 4) is 17.5 Å². The van der Waals surface area contributed by atoms with Crippen molar-refractivity contribution in [2.75, 3.05) is 7.11 Å². The first-order chi connectivity index (χ1) is 16.9. The molecular weight excluding hydrogens is 476 g/mol. The summed E-state index contributed by atoms with van der Waals surface area (Å²) in [6, 6.07) is 14.2. The van der Waals surface area contributed by atoms with Crippen molar-refractivity contribution in [3.05, 3.63) is 96.0 Å². The number of nitro groups is 1. The zero-order valence-corrected chi connectivity index (χ0v) is 18.9. The van der Waals surface area contributed by atoms with E-state index in [1.807, 2.05) is 6.07 Å². The molecule has 176 valence electrons. The Bertz CT molecular complexity index is 1600. The molecule has 1 N–H and O–H groups in total. The fraction of sp³-hybridized carbons (Fsp3) is 0.0870. The third kappa shape index (κ3) is 4.90. The molecule has 0 aliphatic heterocycles. The third-order valence-electron chi connectivity index (χ3n) is 4.78. The van der Waals surface area contributed by atoms with Gasteiger partial charge in [-0.05, 0) is 42.5 Å². The first-order valence-electron chi connectivity index (χ1n) is 9.98. The number of carbonyl (C=O) groups excluding carboxylic acids is 1. The van der Waals surface area contributed by atoms with Gasteiger partial charge < -0.3 is 18.9 Å². The van der Waals surface area contributed by atoms with Gasteiger partial charge in [0.25, 0.3) is 11.5 Å². The van der Waals surface area contributed by atoms with Crippen LogP contribution in [0.4, 0.5) is 5.88 Å². The monoisotopic (exact) mass is 492 g/mol. The van der Waals surface area contributed by atoms with Gasteiger partial charge in [0.2, 0.25) is 0 Å². The fourth-order valence-electron chi connectivity index (χ4n) is 3.13. The fourth-order valence-corrected chi connectivity index (χ4v) is 4.21. The number of thiazole rings is 1. The van der Waals surface area contributed by atoms with Crippen LogP contribution >= 0.6 is 11.3 Å². The summed E-state index contributed by atoms with van der Waals surface area (Å²) >= 11 is 0.878. The van der Waals surface area contributed by atoms with Gasteiger partial charge in [-0.15, -0.1) is 11.3 Å². The summed E-state index contributed by atoms with van der Waals surface area (Å²) in [5.74, 6) is -0.0707. The number of carbonyl (C=O) groups is 1. The van der Waals surface area contributed by atoms with Crippen molar-refractivity contribution in [2.45, 2.75) is 6.54 Å². The van der Waals surface area contributed by atoms with Crippen molar-refractivity contribution >= 4 is 34.8 Å². The zero-order chi connectivity index (χ0) is 24.9. The molecule has 4 aromatic rings. The molecule has 35 heavy (non-hydrogen) atoms. The smallest absolute Gasteiger partial charge is 0.433 e. The molecule has 4 rings (SSSR count). The van der Waals surface area contributed by atoms with Crippen LogP contribution in [0.1, 0.15) is 11.5 Å². The van der Waals surface area contributed by atoms with E-state index in [9.17, 15) is 25.0 Å². The molecule has 0 aliphatic carbocycles. The number of hydrogen-bond acceptors (Lipinski definition) is 9. The predicted molar refractivity (Wildman–Crippen MR) is 124 cm³/mol. The van der Waals surface area contributed by atoms with Gasteiger partial charge in [-0.1, -0.05) is 0 Å². The molecule has 1 amide bonds. The van der Waals surface area contributed by atoms with E-state index in [2.05, 4.69) is 5.32 Å². The van der Waals surface area contributed by atoms with Gasteiger partial charge in [0.1, 0.15) is 32.9 Å². The number of hydrogen-bond donors (Lipinski definition) is 1. The summed E-state index contributed by atoms with van der Waals surface area (Å²) in [4.78, 5) is 36.4. The molecule has 3 aromatic heterocycles. The molecule has 1 aromatic carbocycles. The van der Waals surface area contributed by atoms with E-state index < -0.39 is 22.3 Å². The lowest BCUT2D eigenvalue weighted by atomic mass is 10.2. The lowest BCUT2D eigenvalue weighted by molar-refractivity contribution is -0.402. The van der Waals surface area contributed by atoms with E-state index >= 15 is 0 Å². The molecule has 0 fully saturated rings. The van der Waals surface area contributed by atoms with Gasteiger partial charge >= 0.3 is 5.88 Å². The van der Waals surface area contributed by atoms with Crippen LogP contribution < -0.4 is 24.8 Å². The van der Waals surface area contributed by atoms with Crippen LogP contribution in [0.5, 0.6) is 5.75 Å². The Labute approximate surface area is 200 Å². The molecule has 0 bridgehead atoms. The van der Waals surface area contributed by atoms with Gasteiger partial charge in [0, 0.05) is 6.08 Å². The number of nitrogens with zero attached hydrogens (tertiary/aromatic N) is 3. The number of nitrogens with one attached hydrogen (secondary N) is 1. The lowest BCUT2D eigenvalue weighted by Gasteiger charge is -2.06. The van der Waals surface area contributed by atoms with Gasteiger partial charge in [-0.3, -0.25) is 24.3 Å². The van der Waals surface area contributed by atoms with Crippen molar-refractivity contribution in [1.82, 2.24) is 9.88 Å². The highest BCUT2D eigenvalue weighted by atomic mass is 32.1. The first kappa shape index (κ1) is 23.3. The summed E-state index contributed by atoms with van der Waals surface area (Å²) in [6.45, 7) is 0.0458. The van der Waals surface area contributed by atoms with Gasteiger partial charge in [0.15, 0.2) is 5.57 Å². The molecule has 0 aliphatic rings. The Morgan fingerprint density at radius 3 is 2.66 bits per heavy atom. The second-order valence-electron chi connectivity index (χ2n) is 6.94. The van der Waals surface area contributed by atoms with Crippen LogP contribution in [0.15, 0.2) is 68.4 Å². The Hall–Kier alpha value is -4.89. The highest BCUT2D eigenvalue weighted by Gasteiger charge is 2.18. The molecule has 3 heterocycles. The number of benzene rings is 1. The number of ether oxygens (including phenoxy) is 1. The highest BCUT2D eigenvalue weighted by Crippen LogP contribution is 2.16. The second-order valence-corrected chi connectivity index (χ2v) is 7.97. The van der Waals surface area contributed by atoms with Crippen molar-refractivity contribution < 1.29 is 23.3 Å². The molecule has 12 heteroatoms. The van der Waals surface area contributed by atoms with Crippen molar-refractivity contribution in [3.63, 3.8) is 0 Å². The largest absolute Gasteiger partial charge is 0.497 e. The van der Waals surface area contributed by atoms with Crippen molar-refractivity contribution in [2.24, 2.45) is 0 Å². The maximum absolute atomic E-state index is 13.3. The van der Waals surface area contributed by atoms with E-state index in [0.717, 1.165) is 17.4 Å². The summed E-state index contributed by atoms with van der Waals surface area (Å²) in [5, 5.41) is 23.3. The molecule has 0 atom stereocenters. The quantitative estimate of drug-likeness (QED) is 0.303. The summed E-state index contributed by atoms with van der Waals surface area (Å²) in [5.41, 5.74) is -0.445. The van der Waals surface area contributed by atoms with E-state index in [-0.39, 0.29) is 27.1 Å². The van der Waals surface area contributed by atoms with Crippen LogP contribution in [0.25, 0.3) is 17.3 Å². The number of rotatable bonds is 7. The number of aromatic nitrogens is 1. The normalized spacial score (nSPS) is 12.2. The van der Waals surface area contributed by atoms with Crippen LogP contribution in [0.3, 0.4) is 0 Å². The van der Waals surface area contributed by atoms with E-state index in [4.69, 9.17) is 13.6 Å². The number of methoxy groups -OCH3 is 1. The maximum atomic E-state index is 13.3. The minimum Gasteiger partial charge on any atom is -0.497 e. The molecule has 0 spiro atoms. The van der Waals surface area contributed by atoms with Crippen LogP contribution in [0.2, 0.25) is 0 Å². The molecule has 0 radical (unpaired) electrons. The van der Waals surface area contributed by atoms with Gasteiger partial charge in [-0.25, -0.2) is 0 Å². The Balaban J connectivity index is 1.89. The minimum atomic E-state index is -0.701.